The minimum absolute atomic E-state index is 0.895. The predicted molar refractivity (Wildman–Crippen MR) is 89.4 cm³/mol. The molecule has 3 heteroatoms. The van der Waals surface area contributed by atoms with E-state index in [-0.39, 0.29) is 0 Å². The molecule has 0 atom stereocenters. The fourth-order valence-electron chi connectivity index (χ4n) is 2.28. The van der Waals surface area contributed by atoms with E-state index in [0.29, 0.717) is 0 Å². The molecule has 1 aromatic carbocycles. The zero-order chi connectivity index (χ0) is 14.9. The Labute approximate surface area is 128 Å². The maximum Gasteiger partial charge on any atom is 0.128 e. The lowest BCUT2D eigenvalue weighted by molar-refractivity contribution is 0.673. The number of rotatable bonds is 8. The smallest absolute Gasteiger partial charge is 0.128 e. The van der Waals surface area contributed by atoms with Gasteiger partial charge in [0.2, 0.25) is 0 Å². The standard InChI is InChI=1S/C18H25N3/c1-3-12-19-13-17-10-11-18(20-14-17)21(4-2)15-16-8-6-5-7-9-16/h5-11,14,19H,3-4,12-13,15H2,1-2H3. The Bertz CT molecular complexity index is 508. The summed E-state index contributed by atoms with van der Waals surface area (Å²) >= 11 is 0. The van der Waals surface area contributed by atoms with Crippen LogP contribution in [0.15, 0.2) is 48.7 Å². The molecule has 21 heavy (non-hydrogen) atoms. The molecule has 0 fully saturated rings. The van der Waals surface area contributed by atoms with Crippen LogP contribution in [-0.4, -0.2) is 18.1 Å². The van der Waals surface area contributed by atoms with Gasteiger partial charge in [0.25, 0.3) is 0 Å². The van der Waals surface area contributed by atoms with E-state index in [4.69, 9.17) is 0 Å². The molecule has 0 spiro atoms. The van der Waals surface area contributed by atoms with Crippen LogP contribution in [0.1, 0.15) is 31.4 Å². The summed E-state index contributed by atoms with van der Waals surface area (Å²) in [6.45, 7) is 8.15. The summed E-state index contributed by atoms with van der Waals surface area (Å²) in [4.78, 5) is 6.90. The molecular weight excluding hydrogens is 258 g/mol. The lowest BCUT2D eigenvalue weighted by Gasteiger charge is -2.22. The summed E-state index contributed by atoms with van der Waals surface area (Å²) in [6.07, 6.45) is 3.14. The second-order valence-corrected chi connectivity index (χ2v) is 5.20. The predicted octanol–water partition coefficient (Wildman–Crippen LogP) is 3.61. The van der Waals surface area contributed by atoms with Gasteiger partial charge in [-0.1, -0.05) is 43.3 Å². The Morgan fingerprint density at radius 2 is 1.81 bits per heavy atom. The lowest BCUT2D eigenvalue weighted by Crippen LogP contribution is -2.23. The molecule has 0 amide bonds. The molecule has 2 aromatic rings. The Balaban J connectivity index is 1.98. The normalized spacial score (nSPS) is 10.6. The molecule has 1 N–H and O–H groups in total. The van der Waals surface area contributed by atoms with Gasteiger partial charge in [-0.3, -0.25) is 0 Å². The molecule has 3 nitrogen and oxygen atoms in total. The van der Waals surface area contributed by atoms with Gasteiger partial charge in [-0.25, -0.2) is 4.98 Å². The molecule has 2 rings (SSSR count). The quantitative estimate of drug-likeness (QED) is 0.750. The van der Waals surface area contributed by atoms with Crippen LogP contribution < -0.4 is 10.2 Å². The van der Waals surface area contributed by atoms with Crippen molar-refractivity contribution in [3.8, 4) is 0 Å². The lowest BCUT2D eigenvalue weighted by atomic mass is 10.2. The van der Waals surface area contributed by atoms with Crippen LogP contribution in [0.4, 0.5) is 5.82 Å². The van der Waals surface area contributed by atoms with Crippen LogP contribution in [0.3, 0.4) is 0 Å². The highest BCUT2D eigenvalue weighted by Gasteiger charge is 2.06. The number of benzene rings is 1. The Morgan fingerprint density at radius 1 is 1.00 bits per heavy atom. The number of aromatic nitrogens is 1. The van der Waals surface area contributed by atoms with E-state index < -0.39 is 0 Å². The van der Waals surface area contributed by atoms with Gasteiger partial charge in [0, 0.05) is 25.8 Å². The summed E-state index contributed by atoms with van der Waals surface area (Å²) in [5.74, 6) is 1.04. The number of hydrogen-bond acceptors (Lipinski definition) is 3. The first-order chi connectivity index (χ1) is 10.3. The third-order valence-electron chi connectivity index (χ3n) is 3.49. The van der Waals surface area contributed by atoms with E-state index >= 15 is 0 Å². The van der Waals surface area contributed by atoms with Crippen LogP contribution in [0, 0.1) is 0 Å². The van der Waals surface area contributed by atoms with Gasteiger partial charge >= 0.3 is 0 Å². The average molecular weight is 283 g/mol. The molecule has 0 saturated heterocycles. The van der Waals surface area contributed by atoms with Crippen molar-refractivity contribution in [1.29, 1.82) is 0 Å². The largest absolute Gasteiger partial charge is 0.353 e. The van der Waals surface area contributed by atoms with Crippen molar-refractivity contribution in [2.45, 2.75) is 33.4 Å². The molecule has 0 bridgehead atoms. The molecule has 0 aliphatic carbocycles. The van der Waals surface area contributed by atoms with E-state index in [2.05, 4.69) is 71.5 Å². The first-order valence-electron chi connectivity index (χ1n) is 7.78. The van der Waals surface area contributed by atoms with Crippen molar-refractivity contribution in [3.05, 3.63) is 59.8 Å². The third-order valence-corrected chi connectivity index (χ3v) is 3.49. The van der Waals surface area contributed by atoms with Gasteiger partial charge in [0.05, 0.1) is 0 Å². The van der Waals surface area contributed by atoms with E-state index in [1.54, 1.807) is 0 Å². The molecule has 1 heterocycles. The maximum atomic E-state index is 4.61. The summed E-state index contributed by atoms with van der Waals surface area (Å²) in [6, 6.07) is 14.8. The number of hydrogen-bond donors (Lipinski definition) is 1. The summed E-state index contributed by atoms with van der Waals surface area (Å²) in [5.41, 5.74) is 2.55. The van der Waals surface area contributed by atoms with Crippen molar-refractivity contribution >= 4 is 5.82 Å². The number of nitrogens with zero attached hydrogens (tertiary/aromatic N) is 2. The Hall–Kier alpha value is -1.87. The number of anilines is 1. The molecule has 1 aromatic heterocycles. The Kier molecular flexibility index (Phi) is 6.22. The molecule has 0 unspecified atom stereocenters. The average Bonchev–Trinajstić information content (AvgIpc) is 2.55. The van der Waals surface area contributed by atoms with Crippen molar-refractivity contribution in [1.82, 2.24) is 10.3 Å². The summed E-state index contributed by atoms with van der Waals surface area (Å²) in [7, 11) is 0. The minimum atomic E-state index is 0.895. The second kappa shape index (κ2) is 8.42. The van der Waals surface area contributed by atoms with Gasteiger partial charge in [-0.2, -0.15) is 0 Å². The monoisotopic (exact) mass is 283 g/mol. The van der Waals surface area contributed by atoms with Crippen molar-refractivity contribution in [2.75, 3.05) is 18.0 Å². The highest BCUT2D eigenvalue weighted by atomic mass is 15.2. The first-order valence-corrected chi connectivity index (χ1v) is 7.78. The molecule has 112 valence electrons. The van der Waals surface area contributed by atoms with Crippen LogP contribution in [0.5, 0.6) is 0 Å². The summed E-state index contributed by atoms with van der Waals surface area (Å²) in [5, 5.41) is 3.40. The molecule has 0 aliphatic rings. The zero-order valence-electron chi connectivity index (χ0n) is 13.0. The molecule has 0 radical (unpaired) electrons. The highest BCUT2D eigenvalue weighted by molar-refractivity contribution is 5.40. The van der Waals surface area contributed by atoms with Crippen molar-refractivity contribution < 1.29 is 0 Å². The number of pyridine rings is 1. The summed E-state index contributed by atoms with van der Waals surface area (Å²) < 4.78 is 0. The fourth-order valence-corrected chi connectivity index (χ4v) is 2.28. The van der Waals surface area contributed by atoms with Gasteiger partial charge in [0.15, 0.2) is 0 Å². The van der Waals surface area contributed by atoms with E-state index in [1.807, 2.05) is 6.20 Å². The van der Waals surface area contributed by atoms with E-state index in [0.717, 1.165) is 38.4 Å². The molecule has 0 aliphatic heterocycles. The fraction of sp³-hybridized carbons (Fsp3) is 0.389. The topological polar surface area (TPSA) is 28.2 Å². The van der Waals surface area contributed by atoms with Gasteiger partial charge in [-0.05, 0) is 37.1 Å². The highest BCUT2D eigenvalue weighted by Crippen LogP contribution is 2.14. The van der Waals surface area contributed by atoms with Crippen LogP contribution in [0.25, 0.3) is 0 Å². The number of nitrogens with one attached hydrogen (secondary N) is 1. The maximum absolute atomic E-state index is 4.61. The van der Waals surface area contributed by atoms with Crippen molar-refractivity contribution in [3.63, 3.8) is 0 Å². The van der Waals surface area contributed by atoms with Crippen molar-refractivity contribution in [2.24, 2.45) is 0 Å². The SMILES string of the molecule is CCCNCc1ccc(N(CC)Cc2ccccc2)nc1. The van der Waals surface area contributed by atoms with Gasteiger partial charge < -0.3 is 10.2 Å². The van der Waals surface area contributed by atoms with Gasteiger partial charge in [0.1, 0.15) is 5.82 Å². The zero-order valence-corrected chi connectivity index (χ0v) is 13.0. The van der Waals surface area contributed by atoms with Crippen LogP contribution in [0.2, 0.25) is 0 Å². The Morgan fingerprint density at radius 3 is 2.43 bits per heavy atom. The van der Waals surface area contributed by atoms with Gasteiger partial charge in [-0.15, -0.1) is 0 Å². The third kappa shape index (κ3) is 4.87. The van der Waals surface area contributed by atoms with Crippen LogP contribution in [-0.2, 0) is 13.1 Å². The molecule has 0 saturated carbocycles. The van der Waals surface area contributed by atoms with E-state index in [1.165, 1.54) is 11.1 Å². The first kappa shape index (κ1) is 15.5. The van der Waals surface area contributed by atoms with Crippen LogP contribution >= 0.6 is 0 Å². The minimum Gasteiger partial charge on any atom is -0.353 e. The van der Waals surface area contributed by atoms with E-state index in [9.17, 15) is 0 Å². The molecular formula is C18H25N3. The second-order valence-electron chi connectivity index (χ2n) is 5.20.